The van der Waals surface area contributed by atoms with Crippen LogP contribution in [-0.2, 0) is 6.54 Å². The van der Waals surface area contributed by atoms with Gasteiger partial charge in [0, 0.05) is 29.3 Å². The summed E-state index contributed by atoms with van der Waals surface area (Å²) in [5, 5.41) is 10.2. The van der Waals surface area contributed by atoms with Gasteiger partial charge in [-0.2, -0.15) is 11.8 Å². The summed E-state index contributed by atoms with van der Waals surface area (Å²) in [6.07, 6.45) is 1.97. The van der Waals surface area contributed by atoms with Gasteiger partial charge in [0.25, 0.3) is 0 Å². The number of pyridine rings is 1. The van der Waals surface area contributed by atoms with Gasteiger partial charge >= 0.3 is 0 Å². The van der Waals surface area contributed by atoms with Crippen molar-refractivity contribution in [1.82, 2.24) is 4.57 Å². The largest absolute Gasteiger partial charge is 0.387 e. The Kier molecular flexibility index (Phi) is 4.21. The fourth-order valence-electron chi connectivity index (χ4n) is 1.83. The molecule has 0 aliphatic carbocycles. The molecular weight excluding hydrogens is 222 g/mol. The monoisotopic (exact) mass is 241 g/mol. The van der Waals surface area contributed by atoms with Gasteiger partial charge in [-0.1, -0.05) is 0 Å². The lowest BCUT2D eigenvalue weighted by Gasteiger charge is -2.26. The lowest BCUT2D eigenvalue weighted by Crippen LogP contribution is -2.35. The Morgan fingerprint density at radius 3 is 2.31 bits per heavy atom. The summed E-state index contributed by atoms with van der Waals surface area (Å²) in [5.74, 6) is 0.679. The molecule has 0 saturated carbocycles. The molecule has 0 spiro atoms. The van der Waals surface area contributed by atoms with Crippen LogP contribution in [0.3, 0.4) is 0 Å². The standard InChI is InChI=1S/C12H19NO2S/c1-9-5-11(14)6-10(2)13(9)7-12(3,15)8-16-4/h5-6,15H,7-8H2,1-4H3. The van der Waals surface area contributed by atoms with Gasteiger partial charge in [-0.3, -0.25) is 4.79 Å². The van der Waals surface area contributed by atoms with Crippen molar-refractivity contribution in [3.05, 3.63) is 33.7 Å². The average molecular weight is 241 g/mol. The summed E-state index contributed by atoms with van der Waals surface area (Å²) >= 11 is 1.62. The minimum atomic E-state index is -0.746. The van der Waals surface area contributed by atoms with Gasteiger partial charge in [-0.25, -0.2) is 0 Å². The zero-order chi connectivity index (χ0) is 12.3. The van der Waals surface area contributed by atoms with Crippen LogP contribution in [0, 0.1) is 13.8 Å². The van der Waals surface area contributed by atoms with Crippen LogP contribution in [-0.4, -0.2) is 27.3 Å². The van der Waals surface area contributed by atoms with E-state index in [1.807, 2.05) is 31.6 Å². The fraction of sp³-hybridized carbons (Fsp3) is 0.583. The number of aliphatic hydroxyl groups is 1. The summed E-state index contributed by atoms with van der Waals surface area (Å²) in [7, 11) is 0. The van der Waals surface area contributed by atoms with E-state index in [1.165, 1.54) is 0 Å². The molecule has 0 fully saturated rings. The van der Waals surface area contributed by atoms with Crippen molar-refractivity contribution in [1.29, 1.82) is 0 Å². The number of thioether (sulfide) groups is 1. The lowest BCUT2D eigenvalue weighted by molar-refractivity contribution is 0.0651. The molecular formula is C12H19NO2S. The van der Waals surface area contributed by atoms with E-state index in [9.17, 15) is 9.90 Å². The molecule has 1 heterocycles. The summed E-state index contributed by atoms with van der Waals surface area (Å²) in [4.78, 5) is 11.3. The maximum absolute atomic E-state index is 11.3. The maximum Gasteiger partial charge on any atom is 0.182 e. The fourth-order valence-corrected chi connectivity index (χ4v) is 2.55. The van der Waals surface area contributed by atoms with E-state index in [-0.39, 0.29) is 5.43 Å². The Balaban J connectivity index is 3.02. The van der Waals surface area contributed by atoms with E-state index in [2.05, 4.69) is 0 Å². The second-order valence-corrected chi connectivity index (χ2v) is 5.36. The van der Waals surface area contributed by atoms with Gasteiger partial charge in [-0.15, -0.1) is 0 Å². The molecule has 0 bridgehead atoms. The van der Waals surface area contributed by atoms with E-state index in [4.69, 9.17) is 0 Å². The molecule has 0 saturated heterocycles. The van der Waals surface area contributed by atoms with Crippen LogP contribution in [0.2, 0.25) is 0 Å². The Morgan fingerprint density at radius 2 is 1.88 bits per heavy atom. The number of aromatic nitrogens is 1. The molecule has 1 aromatic rings. The van der Waals surface area contributed by atoms with Crippen molar-refractivity contribution in [2.45, 2.75) is 32.9 Å². The van der Waals surface area contributed by atoms with Crippen LogP contribution in [0.25, 0.3) is 0 Å². The first-order chi connectivity index (χ1) is 7.35. The molecule has 0 aromatic carbocycles. The van der Waals surface area contributed by atoms with E-state index >= 15 is 0 Å². The van der Waals surface area contributed by atoms with Crippen LogP contribution in [0.5, 0.6) is 0 Å². The number of aryl methyl sites for hydroxylation is 2. The van der Waals surface area contributed by atoms with E-state index in [1.54, 1.807) is 23.9 Å². The molecule has 0 amide bonds. The summed E-state index contributed by atoms with van der Waals surface area (Å²) in [5.41, 5.74) is 1.07. The van der Waals surface area contributed by atoms with Gasteiger partial charge in [0.15, 0.2) is 5.43 Å². The predicted molar refractivity (Wildman–Crippen MR) is 69.2 cm³/mol. The van der Waals surface area contributed by atoms with Gasteiger partial charge < -0.3 is 9.67 Å². The summed E-state index contributed by atoms with van der Waals surface area (Å²) in [6, 6.07) is 3.20. The van der Waals surface area contributed by atoms with Gasteiger partial charge in [-0.05, 0) is 27.0 Å². The number of hydrogen-bond donors (Lipinski definition) is 1. The first-order valence-electron chi connectivity index (χ1n) is 5.25. The molecule has 1 atom stereocenters. The summed E-state index contributed by atoms with van der Waals surface area (Å²) in [6.45, 7) is 6.12. The third-order valence-electron chi connectivity index (χ3n) is 2.51. The van der Waals surface area contributed by atoms with Crippen molar-refractivity contribution in [2.24, 2.45) is 0 Å². The molecule has 4 heteroatoms. The highest BCUT2D eigenvalue weighted by Crippen LogP contribution is 2.15. The third kappa shape index (κ3) is 3.39. The molecule has 1 unspecified atom stereocenters. The number of hydrogen-bond acceptors (Lipinski definition) is 3. The van der Waals surface area contributed by atoms with Crippen LogP contribution in [0.15, 0.2) is 16.9 Å². The number of nitrogens with zero attached hydrogens (tertiary/aromatic N) is 1. The quantitative estimate of drug-likeness (QED) is 0.870. The first-order valence-corrected chi connectivity index (χ1v) is 6.64. The third-order valence-corrected chi connectivity index (χ3v) is 3.42. The Hall–Kier alpha value is -0.740. The zero-order valence-corrected chi connectivity index (χ0v) is 11.1. The zero-order valence-electron chi connectivity index (χ0n) is 10.3. The molecule has 16 heavy (non-hydrogen) atoms. The highest BCUT2D eigenvalue weighted by molar-refractivity contribution is 7.98. The van der Waals surface area contributed by atoms with Crippen molar-refractivity contribution < 1.29 is 5.11 Å². The first kappa shape index (κ1) is 13.3. The lowest BCUT2D eigenvalue weighted by atomic mass is 10.1. The van der Waals surface area contributed by atoms with Gasteiger partial charge in [0.05, 0.1) is 12.1 Å². The highest BCUT2D eigenvalue weighted by atomic mass is 32.2. The van der Waals surface area contributed by atoms with Crippen LogP contribution in [0.1, 0.15) is 18.3 Å². The van der Waals surface area contributed by atoms with Gasteiger partial charge in [0.1, 0.15) is 0 Å². The molecule has 1 aromatic heterocycles. The van der Waals surface area contributed by atoms with Crippen molar-refractivity contribution >= 4 is 11.8 Å². The molecule has 3 nitrogen and oxygen atoms in total. The Labute approximate surface area is 100 Å². The topological polar surface area (TPSA) is 42.2 Å². The molecule has 0 aliphatic heterocycles. The SMILES string of the molecule is CSCC(C)(O)Cn1c(C)cc(=O)cc1C. The smallest absolute Gasteiger partial charge is 0.182 e. The van der Waals surface area contributed by atoms with Crippen molar-refractivity contribution in [3.63, 3.8) is 0 Å². The van der Waals surface area contributed by atoms with Crippen LogP contribution in [0.4, 0.5) is 0 Å². The van der Waals surface area contributed by atoms with Crippen LogP contribution >= 0.6 is 11.8 Å². The maximum atomic E-state index is 11.3. The van der Waals surface area contributed by atoms with E-state index in [0.29, 0.717) is 12.3 Å². The molecule has 1 N–H and O–H groups in total. The summed E-state index contributed by atoms with van der Waals surface area (Å²) < 4.78 is 1.98. The minimum absolute atomic E-state index is 0.0239. The van der Waals surface area contributed by atoms with E-state index < -0.39 is 5.60 Å². The van der Waals surface area contributed by atoms with E-state index in [0.717, 1.165) is 11.4 Å². The normalized spacial score (nSPS) is 14.8. The molecule has 1 rings (SSSR count). The Morgan fingerprint density at radius 1 is 1.38 bits per heavy atom. The van der Waals surface area contributed by atoms with Crippen molar-refractivity contribution in [2.75, 3.05) is 12.0 Å². The second-order valence-electron chi connectivity index (χ2n) is 4.49. The highest BCUT2D eigenvalue weighted by Gasteiger charge is 2.21. The minimum Gasteiger partial charge on any atom is -0.387 e. The average Bonchev–Trinajstić information content (AvgIpc) is 2.11. The van der Waals surface area contributed by atoms with Crippen LogP contribution < -0.4 is 5.43 Å². The van der Waals surface area contributed by atoms with Crippen molar-refractivity contribution in [3.8, 4) is 0 Å². The predicted octanol–water partition coefficient (Wildman–Crippen LogP) is 1.58. The molecule has 0 aliphatic rings. The Bertz CT molecular complexity index is 397. The molecule has 90 valence electrons. The molecule has 0 radical (unpaired) electrons. The van der Waals surface area contributed by atoms with Gasteiger partial charge in [0.2, 0.25) is 0 Å². The number of rotatable bonds is 4. The second kappa shape index (κ2) is 5.06.